The third kappa shape index (κ3) is 2.37. The number of halogens is 1. The molecule has 0 saturated carbocycles. The van der Waals surface area contributed by atoms with Crippen molar-refractivity contribution in [2.45, 2.75) is 0 Å². The minimum Gasteiger partial charge on any atom is -0.497 e. The van der Waals surface area contributed by atoms with E-state index in [9.17, 15) is 4.79 Å². The first-order valence-electron chi connectivity index (χ1n) is 6.34. The van der Waals surface area contributed by atoms with Gasteiger partial charge in [0.1, 0.15) is 10.6 Å². The van der Waals surface area contributed by atoms with E-state index < -0.39 is 0 Å². The lowest BCUT2D eigenvalue weighted by molar-refractivity contribution is 0.0306. The SMILES string of the molecule is COc1ccc2c(Cl)c(C(=O)N3CCOCC3)sc2c1. The number of ether oxygens (including phenoxy) is 2. The highest BCUT2D eigenvalue weighted by molar-refractivity contribution is 7.21. The molecule has 1 saturated heterocycles. The Morgan fingerprint density at radius 2 is 2.15 bits per heavy atom. The number of thiophene rings is 1. The number of rotatable bonds is 2. The van der Waals surface area contributed by atoms with E-state index >= 15 is 0 Å². The molecular weight excluding hydrogens is 298 g/mol. The maximum atomic E-state index is 12.5. The Morgan fingerprint density at radius 3 is 2.85 bits per heavy atom. The summed E-state index contributed by atoms with van der Waals surface area (Å²) in [4.78, 5) is 14.9. The topological polar surface area (TPSA) is 38.8 Å². The third-order valence-corrected chi connectivity index (χ3v) is 4.97. The molecule has 2 heterocycles. The van der Waals surface area contributed by atoms with Crippen LogP contribution in [0.4, 0.5) is 0 Å². The highest BCUT2D eigenvalue weighted by Crippen LogP contribution is 2.37. The van der Waals surface area contributed by atoms with Gasteiger partial charge in [0.05, 0.1) is 25.3 Å². The average Bonchev–Trinajstić information content (AvgIpc) is 2.84. The van der Waals surface area contributed by atoms with Crippen LogP contribution in [0.2, 0.25) is 5.02 Å². The maximum Gasteiger partial charge on any atom is 0.265 e. The Morgan fingerprint density at radius 1 is 1.40 bits per heavy atom. The zero-order chi connectivity index (χ0) is 14.1. The number of hydrogen-bond acceptors (Lipinski definition) is 4. The summed E-state index contributed by atoms with van der Waals surface area (Å²) in [5.41, 5.74) is 0. The molecule has 1 aliphatic heterocycles. The zero-order valence-electron chi connectivity index (χ0n) is 11.0. The Kier molecular flexibility index (Phi) is 3.83. The average molecular weight is 312 g/mol. The molecule has 1 aliphatic rings. The largest absolute Gasteiger partial charge is 0.497 e. The number of amides is 1. The van der Waals surface area contributed by atoms with Gasteiger partial charge in [0.15, 0.2) is 0 Å². The summed E-state index contributed by atoms with van der Waals surface area (Å²) >= 11 is 7.77. The fourth-order valence-corrected chi connectivity index (χ4v) is 3.73. The molecule has 0 spiro atoms. The first kappa shape index (κ1) is 13.7. The molecule has 0 unspecified atom stereocenters. The van der Waals surface area contributed by atoms with Crippen LogP contribution in [0.1, 0.15) is 9.67 Å². The number of benzene rings is 1. The molecule has 2 aromatic rings. The molecule has 106 valence electrons. The fourth-order valence-electron chi connectivity index (χ4n) is 2.22. The number of methoxy groups -OCH3 is 1. The summed E-state index contributed by atoms with van der Waals surface area (Å²) in [5, 5.41) is 1.43. The Balaban J connectivity index is 1.98. The predicted molar refractivity (Wildman–Crippen MR) is 80.1 cm³/mol. The quantitative estimate of drug-likeness (QED) is 0.855. The normalized spacial score (nSPS) is 15.6. The molecule has 0 N–H and O–H groups in total. The van der Waals surface area contributed by atoms with Crippen LogP contribution in [0.3, 0.4) is 0 Å². The first-order chi connectivity index (χ1) is 9.70. The van der Waals surface area contributed by atoms with E-state index in [0.717, 1.165) is 15.8 Å². The van der Waals surface area contributed by atoms with Gasteiger partial charge in [0.2, 0.25) is 0 Å². The molecule has 1 aromatic heterocycles. The second-order valence-electron chi connectivity index (χ2n) is 4.51. The monoisotopic (exact) mass is 311 g/mol. The van der Waals surface area contributed by atoms with Crippen LogP contribution in [0.15, 0.2) is 18.2 Å². The minimum atomic E-state index is -0.0153. The fraction of sp³-hybridized carbons (Fsp3) is 0.357. The van der Waals surface area contributed by atoms with E-state index in [1.54, 1.807) is 12.0 Å². The van der Waals surface area contributed by atoms with Crippen molar-refractivity contribution in [2.24, 2.45) is 0 Å². The standard InChI is InChI=1S/C14H14ClNO3S/c1-18-9-2-3-10-11(8-9)20-13(12(10)15)14(17)16-4-6-19-7-5-16/h2-3,8H,4-7H2,1H3. The number of hydrogen-bond donors (Lipinski definition) is 0. The molecule has 1 fully saturated rings. The van der Waals surface area contributed by atoms with E-state index in [1.807, 2.05) is 18.2 Å². The van der Waals surface area contributed by atoms with Gasteiger partial charge in [0.25, 0.3) is 5.91 Å². The van der Waals surface area contributed by atoms with Crippen LogP contribution < -0.4 is 4.74 Å². The van der Waals surface area contributed by atoms with Gasteiger partial charge in [-0.1, -0.05) is 11.6 Å². The van der Waals surface area contributed by atoms with Crippen molar-refractivity contribution in [3.05, 3.63) is 28.1 Å². The second-order valence-corrected chi connectivity index (χ2v) is 5.94. The second kappa shape index (κ2) is 5.60. The van der Waals surface area contributed by atoms with Crippen molar-refractivity contribution in [3.63, 3.8) is 0 Å². The van der Waals surface area contributed by atoms with Crippen molar-refractivity contribution >= 4 is 38.9 Å². The van der Waals surface area contributed by atoms with Crippen molar-refractivity contribution < 1.29 is 14.3 Å². The summed E-state index contributed by atoms with van der Waals surface area (Å²) in [6.07, 6.45) is 0. The van der Waals surface area contributed by atoms with Crippen molar-refractivity contribution in [1.29, 1.82) is 0 Å². The van der Waals surface area contributed by atoms with Crippen LogP contribution in [0, 0.1) is 0 Å². The molecule has 6 heteroatoms. The number of morpholine rings is 1. The summed E-state index contributed by atoms with van der Waals surface area (Å²) in [5.74, 6) is 0.749. The number of fused-ring (bicyclic) bond motifs is 1. The van der Waals surface area contributed by atoms with Crippen LogP contribution in [-0.2, 0) is 4.74 Å². The van der Waals surface area contributed by atoms with Crippen LogP contribution in [0.25, 0.3) is 10.1 Å². The summed E-state index contributed by atoms with van der Waals surface area (Å²) < 4.78 is 11.4. The molecule has 20 heavy (non-hydrogen) atoms. The molecule has 1 aromatic carbocycles. The van der Waals surface area contributed by atoms with Gasteiger partial charge in [0, 0.05) is 23.2 Å². The Labute approximate surface area is 125 Å². The molecule has 0 radical (unpaired) electrons. The Bertz CT molecular complexity index is 649. The number of nitrogens with zero attached hydrogens (tertiary/aromatic N) is 1. The number of carbonyl (C=O) groups is 1. The van der Waals surface area contributed by atoms with Crippen LogP contribution >= 0.6 is 22.9 Å². The lowest BCUT2D eigenvalue weighted by Crippen LogP contribution is -2.40. The number of carbonyl (C=O) groups excluding carboxylic acids is 1. The van der Waals surface area contributed by atoms with Crippen LogP contribution in [-0.4, -0.2) is 44.2 Å². The first-order valence-corrected chi connectivity index (χ1v) is 7.53. The van der Waals surface area contributed by atoms with E-state index in [4.69, 9.17) is 21.1 Å². The predicted octanol–water partition coefficient (Wildman–Crippen LogP) is 3.04. The van der Waals surface area contributed by atoms with Crippen molar-refractivity contribution in [2.75, 3.05) is 33.4 Å². The van der Waals surface area contributed by atoms with Gasteiger partial charge in [-0.25, -0.2) is 0 Å². The minimum absolute atomic E-state index is 0.0153. The molecule has 0 bridgehead atoms. The van der Waals surface area contributed by atoms with Crippen molar-refractivity contribution in [1.82, 2.24) is 4.90 Å². The van der Waals surface area contributed by atoms with Gasteiger partial charge in [-0.3, -0.25) is 4.79 Å². The van der Waals surface area contributed by atoms with E-state index in [0.29, 0.717) is 36.2 Å². The van der Waals surface area contributed by atoms with E-state index in [-0.39, 0.29) is 5.91 Å². The van der Waals surface area contributed by atoms with Gasteiger partial charge in [-0.2, -0.15) is 0 Å². The highest BCUT2D eigenvalue weighted by atomic mass is 35.5. The molecule has 3 rings (SSSR count). The Hall–Kier alpha value is -1.30. The molecular formula is C14H14ClNO3S. The van der Waals surface area contributed by atoms with Crippen LogP contribution in [0.5, 0.6) is 5.75 Å². The van der Waals surface area contributed by atoms with E-state index in [1.165, 1.54) is 11.3 Å². The maximum absolute atomic E-state index is 12.5. The third-order valence-electron chi connectivity index (χ3n) is 3.33. The smallest absolute Gasteiger partial charge is 0.265 e. The lowest BCUT2D eigenvalue weighted by Gasteiger charge is -2.26. The van der Waals surface area contributed by atoms with Gasteiger partial charge >= 0.3 is 0 Å². The van der Waals surface area contributed by atoms with Crippen molar-refractivity contribution in [3.8, 4) is 5.75 Å². The van der Waals surface area contributed by atoms with Gasteiger partial charge < -0.3 is 14.4 Å². The van der Waals surface area contributed by atoms with E-state index in [2.05, 4.69) is 0 Å². The summed E-state index contributed by atoms with van der Waals surface area (Å²) in [6, 6.07) is 5.65. The summed E-state index contributed by atoms with van der Waals surface area (Å²) in [7, 11) is 1.62. The molecule has 4 nitrogen and oxygen atoms in total. The molecule has 0 atom stereocenters. The highest BCUT2D eigenvalue weighted by Gasteiger charge is 2.24. The summed E-state index contributed by atoms with van der Waals surface area (Å²) in [6.45, 7) is 2.41. The van der Waals surface area contributed by atoms with Gasteiger partial charge in [-0.05, 0) is 18.2 Å². The van der Waals surface area contributed by atoms with Gasteiger partial charge in [-0.15, -0.1) is 11.3 Å². The zero-order valence-corrected chi connectivity index (χ0v) is 12.6. The molecule has 0 aliphatic carbocycles. The lowest BCUT2D eigenvalue weighted by atomic mass is 10.2. The molecule has 1 amide bonds.